The molecule has 1 heterocycles. The fraction of sp³-hybridized carbons (Fsp3) is 0.500. The van der Waals surface area contributed by atoms with Gasteiger partial charge in [0.05, 0.1) is 6.04 Å². The number of hydrogen-bond donors (Lipinski definition) is 1. The summed E-state index contributed by atoms with van der Waals surface area (Å²) in [4.78, 5) is 11.8. The summed E-state index contributed by atoms with van der Waals surface area (Å²) in [6.07, 6.45) is 9.26. The Kier molecular flexibility index (Phi) is 5.16. The molecule has 1 aliphatic heterocycles. The topological polar surface area (TPSA) is 32.3 Å². The van der Waals surface area contributed by atoms with Gasteiger partial charge >= 0.3 is 0 Å². The van der Waals surface area contributed by atoms with Gasteiger partial charge in [-0.2, -0.15) is 0 Å². The van der Waals surface area contributed by atoms with Crippen molar-refractivity contribution in [3.8, 4) is 0 Å². The molecule has 0 radical (unpaired) electrons. The van der Waals surface area contributed by atoms with Crippen molar-refractivity contribution in [2.75, 3.05) is 0 Å². The predicted molar refractivity (Wildman–Crippen MR) is 73.3 cm³/mol. The largest absolute Gasteiger partial charge is 0.273 e. The molecule has 0 saturated carbocycles. The summed E-state index contributed by atoms with van der Waals surface area (Å²) in [5.74, 6) is 0.164. The average Bonchev–Trinajstić information content (AvgIpc) is 2.62. The maximum absolute atomic E-state index is 11.8. The number of nitrogens with zero attached hydrogens (tertiary/aromatic N) is 1. The molecule has 1 aliphatic rings. The summed E-state index contributed by atoms with van der Waals surface area (Å²) in [7, 11) is 0. The summed E-state index contributed by atoms with van der Waals surface area (Å²) in [6, 6.07) is 0.367. The average molecular weight is 236 g/mol. The zero-order chi connectivity index (χ0) is 12.8. The molecule has 0 spiro atoms. The third-order valence-corrected chi connectivity index (χ3v) is 2.71. The molecular weight excluding hydrogens is 212 g/mol. The maximum atomic E-state index is 11.8. The van der Waals surface area contributed by atoms with Crippen molar-refractivity contribution < 1.29 is 6.22 Å². The van der Waals surface area contributed by atoms with Gasteiger partial charge in [0.25, 0.3) is 0 Å². The van der Waals surface area contributed by atoms with Crippen molar-refractivity contribution in [3.63, 3.8) is 0 Å². The van der Waals surface area contributed by atoms with Gasteiger partial charge in [-0.15, -0.1) is 0 Å². The maximum Gasteiger partial charge on any atom is 0.237 e. The second kappa shape index (κ2) is 6.40. The smallest absolute Gasteiger partial charge is 0.237 e. The summed E-state index contributed by atoms with van der Waals surface area (Å²) in [5.41, 5.74) is 4.29. The van der Waals surface area contributed by atoms with E-state index in [2.05, 4.69) is 12.0 Å². The predicted octanol–water partition coefficient (Wildman–Crippen LogP) is 2.82. The van der Waals surface area contributed by atoms with E-state index in [0.29, 0.717) is 6.42 Å². The Labute approximate surface area is 105 Å². The van der Waals surface area contributed by atoms with Crippen LogP contribution in [0.25, 0.3) is 0 Å². The summed E-state index contributed by atoms with van der Waals surface area (Å²) in [6.45, 7) is 9.87. The quantitative estimate of drug-likeness (QED) is 0.744. The van der Waals surface area contributed by atoms with E-state index in [0.717, 1.165) is 12.0 Å². The van der Waals surface area contributed by atoms with E-state index in [4.69, 9.17) is 0 Å². The number of carbonyl (C=O) groups is 1. The second-order valence-electron chi connectivity index (χ2n) is 4.50. The second-order valence-corrected chi connectivity index (χ2v) is 4.50. The Morgan fingerprint density at radius 3 is 2.88 bits per heavy atom. The summed E-state index contributed by atoms with van der Waals surface area (Å²) in [5, 5.41) is 1.75. The van der Waals surface area contributed by atoms with Gasteiger partial charge in [0.2, 0.25) is 5.91 Å². The Hall–Kier alpha value is -1.35. The molecule has 17 heavy (non-hydrogen) atoms. The lowest BCUT2D eigenvalue weighted by Gasteiger charge is -2.28. The molecule has 0 aromatic carbocycles. The van der Waals surface area contributed by atoms with Crippen molar-refractivity contribution in [3.05, 3.63) is 36.5 Å². The molecule has 1 N–H and O–H groups in total. The molecule has 0 aromatic rings. The van der Waals surface area contributed by atoms with Crippen molar-refractivity contribution in [1.82, 2.24) is 10.4 Å². The summed E-state index contributed by atoms with van der Waals surface area (Å²) >= 11 is 0. The van der Waals surface area contributed by atoms with Crippen LogP contribution >= 0.6 is 0 Å². The van der Waals surface area contributed by atoms with E-state index in [9.17, 15) is 4.79 Å². The minimum Gasteiger partial charge on any atom is -0.273 e. The molecule has 1 amide bonds. The highest BCUT2D eigenvalue weighted by atomic mass is 16.2. The first-order chi connectivity index (χ1) is 8.10. The van der Waals surface area contributed by atoms with Crippen molar-refractivity contribution in [2.24, 2.45) is 0 Å². The number of allylic oxidation sites excluding steroid dienone is 3. The SMILES string of the molecule is C=C/C(=C\C=C/C)C1CCC(=O)N1NC(C)C.[HH]. The molecule has 1 saturated heterocycles. The van der Waals surface area contributed by atoms with Crippen LogP contribution in [0.15, 0.2) is 36.5 Å². The summed E-state index contributed by atoms with van der Waals surface area (Å²) < 4.78 is 0. The van der Waals surface area contributed by atoms with Crippen molar-refractivity contribution in [2.45, 2.75) is 45.7 Å². The Morgan fingerprint density at radius 1 is 1.65 bits per heavy atom. The number of nitrogens with one attached hydrogen (secondary N) is 1. The van der Waals surface area contributed by atoms with E-state index in [1.54, 1.807) is 5.01 Å². The molecule has 1 atom stereocenters. The van der Waals surface area contributed by atoms with Gasteiger partial charge in [0, 0.05) is 13.9 Å². The lowest BCUT2D eigenvalue weighted by molar-refractivity contribution is -0.132. The molecule has 1 unspecified atom stereocenters. The number of carbonyl (C=O) groups excluding carboxylic acids is 1. The monoisotopic (exact) mass is 236 g/mol. The number of hydrazine groups is 1. The first kappa shape index (κ1) is 13.7. The van der Waals surface area contributed by atoms with E-state index in [1.807, 2.05) is 45.1 Å². The lowest BCUT2D eigenvalue weighted by atomic mass is 10.0. The van der Waals surface area contributed by atoms with Gasteiger partial charge in [0.1, 0.15) is 0 Å². The highest BCUT2D eigenvalue weighted by molar-refractivity contribution is 5.79. The number of amides is 1. The van der Waals surface area contributed by atoms with Crippen molar-refractivity contribution >= 4 is 5.91 Å². The van der Waals surface area contributed by atoms with E-state index < -0.39 is 0 Å². The molecule has 1 fully saturated rings. The standard InChI is InChI=1S/C14H22N2O.H2/c1-5-7-8-12(6-2)13-9-10-14(17)16(13)15-11(3)4;/h5-8,11,13,15H,2,9-10H2,1,3-4H3;1H/b7-5-,12-8+;. The van der Waals surface area contributed by atoms with E-state index in [1.165, 1.54) is 0 Å². The van der Waals surface area contributed by atoms with E-state index >= 15 is 0 Å². The molecule has 0 bridgehead atoms. The van der Waals surface area contributed by atoms with Gasteiger partial charge < -0.3 is 0 Å². The van der Waals surface area contributed by atoms with Crippen LogP contribution in [0.1, 0.15) is 35.0 Å². The number of hydrogen-bond acceptors (Lipinski definition) is 2. The third-order valence-electron chi connectivity index (χ3n) is 2.71. The Morgan fingerprint density at radius 2 is 2.35 bits per heavy atom. The highest BCUT2D eigenvalue weighted by Crippen LogP contribution is 2.24. The lowest BCUT2D eigenvalue weighted by Crippen LogP contribution is -2.48. The van der Waals surface area contributed by atoms with Crippen molar-refractivity contribution in [1.29, 1.82) is 0 Å². The van der Waals surface area contributed by atoms with Gasteiger partial charge in [0.15, 0.2) is 0 Å². The minimum absolute atomic E-state index is 0. The molecule has 3 nitrogen and oxygen atoms in total. The zero-order valence-corrected chi connectivity index (χ0v) is 10.9. The molecule has 96 valence electrons. The normalized spacial score (nSPS) is 21.9. The number of rotatable bonds is 5. The minimum atomic E-state index is 0. The Bertz CT molecular complexity index is 348. The van der Waals surface area contributed by atoms with Crippen LogP contribution in [-0.2, 0) is 4.79 Å². The van der Waals surface area contributed by atoms with Crippen LogP contribution in [0.4, 0.5) is 0 Å². The fourth-order valence-corrected chi connectivity index (χ4v) is 1.96. The van der Waals surface area contributed by atoms with Gasteiger partial charge in [-0.1, -0.05) is 30.9 Å². The molecule has 0 aromatic heterocycles. The van der Waals surface area contributed by atoms with Crippen LogP contribution < -0.4 is 5.43 Å². The molecule has 3 heteroatoms. The van der Waals surface area contributed by atoms with Crippen LogP contribution in [0.5, 0.6) is 0 Å². The zero-order valence-electron chi connectivity index (χ0n) is 10.9. The first-order valence-corrected chi connectivity index (χ1v) is 6.13. The van der Waals surface area contributed by atoms with Gasteiger partial charge in [-0.05, 0) is 32.8 Å². The van der Waals surface area contributed by atoms with Crippen LogP contribution in [0, 0.1) is 0 Å². The third kappa shape index (κ3) is 3.56. The van der Waals surface area contributed by atoms with Gasteiger partial charge in [-0.3, -0.25) is 9.80 Å². The fourth-order valence-electron chi connectivity index (χ4n) is 1.96. The first-order valence-electron chi connectivity index (χ1n) is 6.13. The Balaban J connectivity index is 0.00000289. The molecular formula is C14H24N2O. The van der Waals surface area contributed by atoms with Crippen LogP contribution in [-0.4, -0.2) is 23.0 Å². The van der Waals surface area contributed by atoms with Crippen LogP contribution in [0.3, 0.4) is 0 Å². The van der Waals surface area contributed by atoms with E-state index in [-0.39, 0.29) is 19.4 Å². The highest BCUT2D eigenvalue weighted by Gasteiger charge is 2.32. The molecule has 0 aliphatic carbocycles. The molecule has 1 rings (SSSR count). The van der Waals surface area contributed by atoms with Crippen LogP contribution in [0.2, 0.25) is 0 Å². The van der Waals surface area contributed by atoms with Gasteiger partial charge in [-0.25, -0.2) is 5.43 Å².